The highest BCUT2D eigenvalue weighted by atomic mass is 79.9. The molecule has 0 aromatic heterocycles. The average Bonchev–Trinajstić information content (AvgIpc) is 2.24. The molecule has 6 heteroatoms. The van der Waals surface area contributed by atoms with E-state index in [4.69, 9.17) is 0 Å². The van der Waals surface area contributed by atoms with Gasteiger partial charge in [0, 0.05) is 17.9 Å². The molecule has 0 atom stereocenters. The lowest BCUT2D eigenvalue weighted by Crippen LogP contribution is -2.38. The second-order valence-electron chi connectivity index (χ2n) is 4.31. The van der Waals surface area contributed by atoms with Gasteiger partial charge in [0.15, 0.2) is 0 Å². The summed E-state index contributed by atoms with van der Waals surface area (Å²) < 4.78 is 39.4. The Balaban J connectivity index is 3.26. The van der Waals surface area contributed by atoms with Gasteiger partial charge in [0.05, 0.1) is 4.90 Å². The van der Waals surface area contributed by atoms with Crippen molar-refractivity contribution in [1.29, 1.82) is 0 Å². The van der Waals surface area contributed by atoms with Gasteiger partial charge in [0.25, 0.3) is 0 Å². The van der Waals surface area contributed by atoms with Crippen LogP contribution in [0, 0.1) is 12.7 Å². The molecule has 1 aromatic carbocycles. The molecule has 0 spiro atoms. The fourth-order valence-electron chi connectivity index (χ4n) is 1.77. The SMILES string of the molecule is Cc1cc(F)ccc1S(=O)(=O)N(CCBr)C(C)C. The van der Waals surface area contributed by atoms with E-state index in [-0.39, 0.29) is 10.9 Å². The standard InChI is InChI=1S/C12H17BrFNO2S/c1-9(2)15(7-6-13)18(16,17)12-5-4-11(14)8-10(12)3/h4-5,8-9H,6-7H2,1-3H3. The molecule has 0 aliphatic heterocycles. The summed E-state index contributed by atoms with van der Waals surface area (Å²) in [6, 6.07) is 3.59. The van der Waals surface area contributed by atoms with E-state index < -0.39 is 15.8 Å². The summed E-state index contributed by atoms with van der Waals surface area (Å²) in [5, 5.41) is 0.560. The summed E-state index contributed by atoms with van der Waals surface area (Å²) in [5.41, 5.74) is 0.426. The van der Waals surface area contributed by atoms with Gasteiger partial charge in [0.1, 0.15) is 5.82 Å². The number of alkyl halides is 1. The molecule has 0 unspecified atom stereocenters. The number of aryl methyl sites for hydroxylation is 1. The fourth-order valence-corrected chi connectivity index (χ4v) is 4.23. The van der Waals surface area contributed by atoms with Gasteiger partial charge < -0.3 is 0 Å². The Morgan fingerprint density at radius 2 is 2.00 bits per heavy atom. The van der Waals surface area contributed by atoms with Crippen molar-refractivity contribution >= 4 is 26.0 Å². The highest BCUT2D eigenvalue weighted by molar-refractivity contribution is 9.09. The Kier molecular flexibility index (Phi) is 5.31. The van der Waals surface area contributed by atoms with Crippen LogP contribution in [0.2, 0.25) is 0 Å². The number of nitrogens with zero attached hydrogens (tertiary/aromatic N) is 1. The maximum atomic E-state index is 13.0. The fraction of sp³-hybridized carbons (Fsp3) is 0.500. The topological polar surface area (TPSA) is 37.4 Å². The smallest absolute Gasteiger partial charge is 0.207 e. The minimum atomic E-state index is -3.57. The molecular weight excluding hydrogens is 321 g/mol. The van der Waals surface area contributed by atoms with Gasteiger partial charge >= 0.3 is 0 Å². The third-order valence-electron chi connectivity index (χ3n) is 2.60. The van der Waals surface area contributed by atoms with Crippen molar-refractivity contribution in [3.05, 3.63) is 29.6 Å². The molecule has 0 aliphatic carbocycles. The second-order valence-corrected chi connectivity index (χ2v) is 6.96. The average molecular weight is 338 g/mol. The number of sulfonamides is 1. The lowest BCUT2D eigenvalue weighted by molar-refractivity contribution is 0.372. The van der Waals surface area contributed by atoms with E-state index in [0.717, 1.165) is 0 Å². The molecule has 0 radical (unpaired) electrons. The van der Waals surface area contributed by atoms with Crippen molar-refractivity contribution < 1.29 is 12.8 Å². The number of hydrogen-bond acceptors (Lipinski definition) is 2. The van der Waals surface area contributed by atoms with Crippen molar-refractivity contribution in [2.45, 2.75) is 31.7 Å². The van der Waals surface area contributed by atoms with Gasteiger partial charge in [-0.05, 0) is 44.5 Å². The molecule has 0 saturated heterocycles. The van der Waals surface area contributed by atoms with Gasteiger partial charge in [-0.15, -0.1) is 0 Å². The number of halogens is 2. The number of rotatable bonds is 5. The summed E-state index contributed by atoms with van der Waals surface area (Å²) in [5.74, 6) is -0.428. The molecule has 18 heavy (non-hydrogen) atoms. The molecule has 0 bridgehead atoms. The van der Waals surface area contributed by atoms with Crippen LogP contribution in [0.3, 0.4) is 0 Å². The predicted octanol–water partition coefficient (Wildman–Crippen LogP) is 2.93. The maximum absolute atomic E-state index is 13.0. The zero-order chi connectivity index (χ0) is 13.9. The minimum Gasteiger partial charge on any atom is -0.207 e. The normalized spacial score (nSPS) is 12.4. The lowest BCUT2D eigenvalue weighted by atomic mass is 10.2. The molecule has 0 heterocycles. The quantitative estimate of drug-likeness (QED) is 0.774. The van der Waals surface area contributed by atoms with Crippen molar-refractivity contribution in [2.75, 3.05) is 11.9 Å². The molecule has 1 rings (SSSR count). The van der Waals surface area contributed by atoms with Gasteiger partial charge in [-0.2, -0.15) is 4.31 Å². The van der Waals surface area contributed by atoms with Crippen molar-refractivity contribution in [3.8, 4) is 0 Å². The summed E-state index contributed by atoms with van der Waals surface area (Å²) in [6.45, 7) is 5.62. The van der Waals surface area contributed by atoms with Gasteiger partial charge in [-0.1, -0.05) is 15.9 Å². The maximum Gasteiger partial charge on any atom is 0.243 e. The van der Waals surface area contributed by atoms with Crippen LogP contribution in [-0.4, -0.2) is 30.6 Å². The van der Waals surface area contributed by atoms with Crippen molar-refractivity contribution in [2.24, 2.45) is 0 Å². The van der Waals surface area contributed by atoms with Crippen LogP contribution in [0.5, 0.6) is 0 Å². The van der Waals surface area contributed by atoms with Crippen LogP contribution < -0.4 is 0 Å². The van der Waals surface area contributed by atoms with Crippen LogP contribution >= 0.6 is 15.9 Å². The molecular formula is C12H17BrFNO2S. The van der Waals surface area contributed by atoms with E-state index in [1.54, 1.807) is 6.92 Å². The molecule has 3 nitrogen and oxygen atoms in total. The molecule has 0 N–H and O–H groups in total. The molecule has 102 valence electrons. The lowest BCUT2D eigenvalue weighted by Gasteiger charge is -2.25. The first-order chi connectivity index (χ1) is 8.30. The molecule has 0 saturated carbocycles. The van der Waals surface area contributed by atoms with E-state index in [0.29, 0.717) is 17.4 Å². The summed E-state index contributed by atoms with van der Waals surface area (Å²) >= 11 is 3.25. The first-order valence-electron chi connectivity index (χ1n) is 5.64. The molecule has 1 aromatic rings. The zero-order valence-corrected chi connectivity index (χ0v) is 13.1. The summed E-state index contributed by atoms with van der Waals surface area (Å²) in [4.78, 5) is 0.165. The van der Waals surface area contributed by atoms with Crippen LogP contribution in [0.1, 0.15) is 19.4 Å². The van der Waals surface area contributed by atoms with E-state index in [1.807, 2.05) is 13.8 Å². The monoisotopic (exact) mass is 337 g/mol. The van der Waals surface area contributed by atoms with E-state index in [9.17, 15) is 12.8 Å². The van der Waals surface area contributed by atoms with Crippen LogP contribution in [0.25, 0.3) is 0 Å². The van der Waals surface area contributed by atoms with Crippen LogP contribution in [-0.2, 0) is 10.0 Å². The number of benzene rings is 1. The van der Waals surface area contributed by atoms with Crippen molar-refractivity contribution in [3.63, 3.8) is 0 Å². The first kappa shape index (κ1) is 15.6. The molecule has 0 fully saturated rings. The number of hydrogen-bond donors (Lipinski definition) is 0. The van der Waals surface area contributed by atoms with E-state index in [2.05, 4.69) is 15.9 Å². The first-order valence-corrected chi connectivity index (χ1v) is 8.20. The highest BCUT2D eigenvalue weighted by Gasteiger charge is 2.27. The second kappa shape index (κ2) is 6.12. The zero-order valence-electron chi connectivity index (χ0n) is 10.7. The van der Waals surface area contributed by atoms with Gasteiger partial charge in [-0.3, -0.25) is 0 Å². The van der Waals surface area contributed by atoms with Crippen LogP contribution in [0.15, 0.2) is 23.1 Å². The van der Waals surface area contributed by atoms with Crippen LogP contribution in [0.4, 0.5) is 4.39 Å². The van der Waals surface area contributed by atoms with E-state index >= 15 is 0 Å². The third kappa shape index (κ3) is 3.30. The molecule has 0 amide bonds. The van der Waals surface area contributed by atoms with Gasteiger partial charge in [0.2, 0.25) is 10.0 Å². The summed E-state index contributed by atoms with van der Waals surface area (Å²) in [6.07, 6.45) is 0. The Hall–Kier alpha value is -0.460. The third-order valence-corrected chi connectivity index (χ3v) is 5.19. The Bertz CT molecular complexity index is 517. The predicted molar refractivity (Wildman–Crippen MR) is 74.0 cm³/mol. The van der Waals surface area contributed by atoms with E-state index in [1.165, 1.54) is 22.5 Å². The molecule has 0 aliphatic rings. The summed E-state index contributed by atoms with van der Waals surface area (Å²) in [7, 11) is -3.57. The Labute approximate surface area is 116 Å². The Morgan fingerprint density at radius 3 is 2.44 bits per heavy atom. The highest BCUT2D eigenvalue weighted by Crippen LogP contribution is 2.22. The van der Waals surface area contributed by atoms with Gasteiger partial charge in [-0.25, -0.2) is 12.8 Å². The minimum absolute atomic E-state index is 0.142. The largest absolute Gasteiger partial charge is 0.243 e. The van der Waals surface area contributed by atoms with Crippen molar-refractivity contribution in [1.82, 2.24) is 4.31 Å². The Morgan fingerprint density at radius 1 is 1.39 bits per heavy atom.